The average Bonchev–Trinajstić information content (AvgIpc) is 3.24. The quantitative estimate of drug-likeness (QED) is 0.173. The Morgan fingerprint density at radius 3 is 2.38 bits per heavy atom. The number of para-hydroxylation sites is 1. The van der Waals surface area contributed by atoms with Crippen molar-refractivity contribution in [3.05, 3.63) is 106 Å². The van der Waals surface area contributed by atoms with Crippen molar-refractivity contribution in [2.24, 2.45) is 0 Å². The maximum Gasteiger partial charge on any atom is 0.311 e. The van der Waals surface area contributed by atoms with Crippen molar-refractivity contribution in [3.8, 4) is 22.7 Å². The van der Waals surface area contributed by atoms with Crippen molar-refractivity contribution in [2.75, 3.05) is 0 Å². The van der Waals surface area contributed by atoms with Gasteiger partial charge in [0.15, 0.2) is 0 Å². The lowest BCUT2D eigenvalue weighted by Crippen LogP contribution is -2.10. The lowest BCUT2D eigenvalue weighted by Gasteiger charge is -2.07. The Balaban J connectivity index is 1.53. The van der Waals surface area contributed by atoms with E-state index in [1.807, 2.05) is 71.5 Å². The van der Waals surface area contributed by atoms with Gasteiger partial charge >= 0.3 is 5.97 Å². The van der Waals surface area contributed by atoms with Crippen molar-refractivity contribution in [3.63, 3.8) is 0 Å². The number of aryl methyl sites for hydroxylation is 2. The molecule has 0 aliphatic heterocycles. The molecule has 160 valence electrons. The molecular weight excluding hydrogens is 406 g/mol. The van der Waals surface area contributed by atoms with E-state index in [2.05, 4.69) is 0 Å². The minimum atomic E-state index is -0.478. The van der Waals surface area contributed by atoms with Crippen LogP contribution in [0.2, 0.25) is 0 Å². The van der Waals surface area contributed by atoms with Gasteiger partial charge in [-0.15, -0.1) is 0 Å². The SMILES string of the molecule is Cc1cc([N+](=O)[O-])ccc1OC(=O)CCc1cn(-c2ccccc2)nc1-c1ccccc1. The molecule has 0 atom stereocenters. The van der Waals surface area contributed by atoms with E-state index in [9.17, 15) is 14.9 Å². The van der Waals surface area contributed by atoms with Crippen LogP contribution in [-0.2, 0) is 11.2 Å². The summed E-state index contributed by atoms with van der Waals surface area (Å²) in [7, 11) is 0. The van der Waals surface area contributed by atoms with Crippen LogP contribution in [0.15, 0.2) is 85.1 Å². The molecule has 1 aromatic heterocycles. The highest BCUT2D eigenvalue weighted by Gasteiger charge is 2.16. The predicted octanol–water partition coefficient (Wildman–Crippen LogP) is 5.29. The fourth-order valence-corrected chi connectivity index (χ4v) is 3.42. The molecule has 0 aliphatic rings. The molecule has 0 radical (unpaired) electrons. The number of rotatable bonds is 7. The highest BCUT2D eigenvalue weighted by atomic mass is 16.6. The van der Waals surface area contributed by atoms with E-state index in [4.69, 9.17) is 9.84 Å². The van der Waals surface area contributed by atoms with Gasteiger partial charge in [0.2, 0.25) is 0 Å². The number of benzene rings is 3. The Labute approximate surface area is 185 Å². The van der Waals surface area contributed by atoms with Gasteiger partial charge in [-0.05, 0) is 42.7 Å². The van der Waals surface area contributed by atoms with Gasteiger partial charge in [0, 0.05) is 23.9 Å². The maximum absolute atomic E-state index is 12.5. The molecule has 0 saturated heterocycles. The Morgan fingerprint density at radius 2 is 1.72 bits per heavy atom. The van der Waals surface area contributed by atoms with Gasteiger partial charge in [0.05, 0.1) is 22.7 Å². The summed E-state index contributed by atoms with van der Waals surface area (Å²) in [6.45, 7) is 1.67. The van der Waals surface area contributed by atoms with Crippen molar-refractivity contribution in [1.82, 2.24) is 9.78 Å². The van der Waals surface area contributed by atoms with Crippen LogP contribution >= 0.6 is 0 Å². The highest BCUT2D eigenvalue weighted by Crippen LogP contribution is 2.26. The molecule has 0 saturated carbocycles. The zero-order chi connectivity index (χ0) is 22.5. The van der Waals surface area contributed by atoms with Gasteiger partial charge in [-0.25, -0.2) is 4.68 Å². The molecule has 0 fully saturated rings. The first-order valence-electron chi connectivity index (χ1n) is 10.2. The lowest BCUT2D eigenvalue weighted by atomic mass is 10.0. The molecule has 7 heteroatoms. The Bertz CT molecular complexity index is 1250. The second kappa shape index (κ2) is 9.26. The van der Waals surface area contributed by atoms with Crippen LogP contribution in [0.3, 0.4) is 0 Å². The molecule has 0 spiro atoms. The number of carbonyl (C=O) groups is 1. The minimum absolute atomic E-state index is 0.0388. The van der Waals surface area contributed by atoms with Crippen LogP contribution in [0.1, 0.15) is 17.5 Å². The van der Waals surface area contributed by atoms with E-state index in [1.54, 1.807) is 6.92 Å². The third-order valence-electron chi connectivity index (χ3n) is 5.05. The van der Waals surface area contributed by atoms with Gasteiger partial charge < -0.3 is 4.74 Å². The number of ether oxygens (including phenoxy) is 1. The van der Waals surface area contributed by atoms with Gasteiger partial charge in [-0.2, -0.15) is 5.10 Å². The summed E-state index contributed by atoms with van der Waals surface area (Å²) in [5.74, 6) is -0.0858. The molecule has 0 bridgehead atoms. The van der Waals surface area contributed by atoms with Gasteiger partial charge in [0.1, 0.15) is 5.75 Å². The third-order valence-corrected chi connectivity index (χ3v) is 5.05. The molecule has 1 heterocycles. The van der Waals surface area contributed by atoms with Crippen molar-refractivity contribution >= 4 is 11.7 Å². The number of nitro benzene ring substituents is 1. The first-order valence-corrected chi connectivity index (χ1v) is 10.2. The van der Waals surface area contributed by atoms with E-state index in [0.29, 0.717) is 17.7 Å². The normalized spacial score (nSPS) is 10.7. The standard InChI is InChI=1S/C25H21N3O4/c1-18-16-22(28(30)31)13-14-23(18)32-24(29)15-12-20-17-27(21-10-6-3-7-11-21)26-25(20)19-8-4-2-5-9-19/h2-11,13-14,16-17H,12,15H2,1H3. The van der Waals surface area contributed by atoms with Crippen LogP contribution in [0.5, 0.6) is 5.75 Å². The third kappa shape index (κ3) is 4.73. The van der Waals surface area contributed by atoms with Crippen molar-refractivity contribution in [2.45, 2.75) is 19.8 Å². The topological polar surface area (TPSA) is 87.3 Å². The number of nitrogens with zero attached hydrogens (tertiary/aromatic N) is 3. The maximum atomic E-state index is 12.5. The average molecular weight is 427 g/mol. The molecule has 0 N–H and O–H groups in total. The zero-order valence-corrected chi connectivity index (χ0v) is 17.5. The first kappa shape index (κ1) is 21.0. The molecular formula is C25H21N3O4. The van der Waals surface area contributed by atoms with Gasteiger partial charge in [0.25, 0.3) is 5.69 Å². The van der Waals surface area contributed by atoms with E-state index in [0.717, 1.165) is 22.5 Å². The van der Waals surface area contributed by atoms with Gasteiger partial charge in [-0.3, -0.25) is 14.9 Å². The number of hydrogen-bond acceptors (Lipinski definition) is 5. The largest absolute Gasteiger partial charge is 0.426 e. The van der Waals surface area contributed by atoms with Crippen LogP contribution in [0, 0.1) is 17.0 Å². The summed E-state index contributed by atoms with van der Waals surface area (Å²) in [5.41, 5.74) is 4.14. The predicted molar refractivity (Wildman–Crippen MR) is 121 cm³/mol. The van der Waals surface area contributed by atoms with Crippen molar-refractivity contribution in [1.29, 1.82) is 0 Å². The number of aromatic nitrogens is 2. The number of hydrogen-bond donors (Lipinski definition) is 0. The summed E-state index contributed by atoms with van der Waals surface area (Å²) in [6, 6.07) is 23.8. The fourth-order valence-electron chi connectivity index (χ4n) is 3.42. The van der Waals surface area contributed by atoms with Crippen LogP contribution in [-0.4, -0.2) is 20.7 Å². The number of carbonyl (C=O) groups excluding carboxylic acids is 1. The molecule has 0 amide bonds. The highest BCUT2D eigenvalue weighted by molar-refractivity contribution is 5.74. The second-order valence-corrected chi connectivity index (χ2v) is 7.33. The summed E-state index contributed by atoms with van der Waals surface area (Å²) >= 11 is 0. The van der Waals surface area contributed by atoms with E-state index in [-0.39, 0.29) is 12.1 Å². The number of nitro groups is 1. The molecule has 7 nitrogen and oxygen atoms in total. The van der Waals surface area contributed by atoms with Crippen LogP contribution in [0.25, 0.3) is 16.9 Å². The second-order valence-electron chi connectivity index (χ2n) is 7.33. The van der Waals surface area contributed by atoms with Crippen LogP contribution in [0.4, 0.5) is 5.69 Å². The zero-order valence-electron chi connectivity index (χ0n) is 17.5. The van der Waals surface area contributed by atoms with E-state index in [1.165, 1.54) is 18.2 Å². The molecule has 32 heavy (non-hydrogen) atoms. The Morgan fingerprint density at radius 1 is 1.03 bits per heavy atom. The first-order chi connectivity index (χ1) is 15.5. The summed E-state index contributed by atoms with van der Waals surface area (Å²) in [5, 5.41) is 15.6. The van der Waals surface area contributed by atoms with Gasteiger partial charge in [-0.1, -0.05) is 48.5 Å². The lowest BCUT2D eigenvalue weighted by molar-refractivity contribution is -0.384. The number of esters is 1. The van der Waals surface area contributed by atoms with E-state index < -0.39 is 10.9 Å². The Kier molecular flexibility index (Phi) is 6.07. The molecule has 4 rings (SSSR count). The smallest absolute Gasteiger partial charge is 0.311 e. The molecule has 0 unspecified atom stereocenters. The molecule has 3 aromatic carbocycles. The summed E-state index contributed by atoms with van der Waals surface area (Å²) in [6.07, 6.45) is 2.53. The molecule has 4 aromatic rings. The van der Waals surface area contributed by atoms with Crippen LogP contribution < -0.4 is 4.74 Å². The summed E-state index contributed by atoms with van der Waals surface area (Å²) < 4.78 is 7.26. The molecule has 0 aliphatic carbocycles. The minimum Gasteiger partial charge on any atom is -0.426 e. The fraction of sp³-hybridized carbons (Fsp3) is 0.120. The van der Waals surface area contributed by atoms with Crippen molar-refractivity contribution < 1.29 is 14.5 Å². The number of non-ortho nitro benzene ring substituents is 1. The Hall–Kier alpha value is -4.26. The summed E-state index contributed by atoms with van der Waals surface area (Å²) in [4.78, 5) is 22.9. The van der Waals surface area contributed by atoms with E-state index >= 15 is 0 Å². The monoisotopic (exact) mass is 427 g/mol.